The molecule has 1 aromatic rings. The Hall–Kier alpha value is -1.41. The molecule has 0 aliphatic carbocycles. The standard InChI is InChI=1S/C19H25N3O2S2/c1-20(2)16-6-4-15(5-7-16)14-17-18(23)22(19(25)26-17)9-3-8-21-10-12-24-13-11-21/h4-7,14H,3,8-13H2,1-2H3/b17-14-. The van der Waals surface area contributed by atoms with Crippen molar-refractivity contribution in [3.05, 3.63) is 34.7 Å². The van der Waals surface area contributed by atoms with Crippen LogP contribution >= 0.6 is 24.0 Å². The number of carbonyl (C=O) groups excluding carboxylic acids is 1. The van der Waals surface area contributed by atoms with E-state index in [1.165, 1.54) is 11.8 Å². The molecule has 5 nitrogen and oxygen atoms in total. The van der Waals surface area contributed by atoms with Crippen molar-refractivity contribution in [1.82, 2.24) is 9.80 Å². The smallest absolute Gasteiger partial charge is 0.266 e. The van der Waals surface area contributed by atoms with Gasteiger partial charge in [0.05, 0.1) is 18.1 Å². The third-order valence-electron chi connectivity index (χ3n) is 4.54. The van der Waals surface area contributed by atoms with Gasteiger partial charge in [0.1, 0.15) is 4.32 Å². The monoisotopic (exact) mass is 391 g/mol. The van der Waals surface area contributed by atoms with Crippen LogP contribution < -0.4 is 4.90 Å². The van der Waals surface area contributed by atoms with Crippen LogP contribution in [-0.4, -0.2) is 73.5 Å². The van der Waals surface area contributed by atoms with Gasteiger partial charge in [-0.1, -0.05) is 36.1 Å². The van der Waals surface area contributed by atoms with Crippen molar-refractivity contribution in [2.75, 3.05) is 58.4 Å². The van der Waals surface area contributed by atoms with E-state index in [2.05, 4.69) is 21.9 Å². The van der Waals surface area contributed by atoms with Gasteiger partial charge in [-0.25, -0.2) is 0 Å². The minimum atomic E-state index is 0.0265. The minimum Gasteiger partial charge on any atom is -0.379 e. The molecule has 3 rings (SSSR count). The maximum atomic E-state index is 12.7. The number of morpholine rings is 1. The number of hydrogen-bond donors (Lipinski definition) is 0. The summed E-state index contributed by atoms with van der Waals surface area (Å²) in [4.78, 5) is 19.6. The SMILES string of the molecule is CN(C)c1ccc(/C=C2\SC(=S)N(CCCN3CCOCC3)C2=O)cc1. The highest BCUT2D eigenvalue weighted by atomic mass is 32.2. The molecule has 1 amide bonds. The number of amides is 1. The number of thiocarbonyl (C=S) groups is 1. The number of benzene rings is 1. The van der Waals surface area contributed by atoms with Gasteiger partial charge in [-0.3, -0.25) is 14.6 Å². The number of anilines is 1. The van der Waals surface area contributed by atoms with E-state index in [1.54, 1.807) is 4.90 Å². The molecule has 0 saturated carbocycles. The quantitative estimate of drug-likeness (QED) is 0.548. The molecule has 7 heteroatoms. The molecule has 140 valence electrons. The van der Waals surface area contributed by atoms with Crippen LogP contribution in [0.2, 0.25) is 0 Å². The highest BCUT2D eigenvalue weighted by Crippen LogP contribution is 2.32. The zero-order chi connectivity index (χ0) is 18.5. The first-order valence-electron chi connectivity index (χ1n) is 8.87. The predicted molar refractivity (Wildman–Crippen MR) is 113 cm³/mol. The Morgan fingerprint density at radius 1 is 1.19 bits per heavy atom. The maximum absolute atomic E-state index is 12.7. The maximum Gasteiger partial charge on any atom is 0.266 e. The average Bonchev–Trinajstić information content (AvgIpc) is 2.90. The molecule has 0 spiro atoms. The van der Waals surface area contributed by atoms with Crippen molar-refractivity contribution in [2.45, 2.75) is 6.42 Å². The molecule has 0 aromatic heterocycles. The van der Waals surface area contributed by atoms with Crippen LogP contribution in [0.1, 0.15) is 12.0 Å². The van der Waals surface area contributed by atoms with E-state index in [0.717, 1.165) is 50.5 Å². The van der Waals surface area contributed by atoms with Crippen molar-refractivity contribution >= 4 is 46.0 Å². The van der Waals surface area contributed by atoms with E-state index in [9.17, 15) is 4.79 Å². The van der Waals surface area contributed by atoms with Crippen LogP contribution in [-0.2, 0) is 9.53 Å². The topological polar surface area (TPSA) is 36.0 Å². The second-order valence-corrected chi connectivity index (χ2v) is 8.30. The van der Waals surface area contributed by atoms with Crippen molar-refractivity contribution in [3.63, 3.8) is 0 Å². The lowest BCUT2D eigenvalue weighted by atomic mass is 10.2. The average molecular weight is 392 g/mol. The Balaban J connectivity index is 1.57. The summed E-state index contributed by atoms with van der Waals surface area (Å²) in [5, 5.41) is 0. The Morgan fingerprint density at radius 2 is 1.88 bits per heavy atom. The van der Waals surface area contributed by atoms with Crippen molar-refractivity contribution < 1.29 is 9.53 Å². The Kier molecular flexibility index (Phi) is 6.69. The molecule has 2 aliphatic heterocycles. The molecule has 2 fully saturated rings. The highest BCUT2D eigenvalue weighted by Gasteiger charge is 2.31. The van der Waals surface area contributed by atoms with Crippen molar-refractivity contribution in [3.8, 4) is 0 Å². The molecule has 1 aromatic carbocycles. The summed E-state index contributed by atoms with van der Waals surface area (Å²) in [7, 11) is 4.02. The van der Waals surface area contributed by atoms with Gasteiger partial charge in [0.15, 0.2) is 0 Å². The molecule has 26 heavy (non-hydrogen) atoms. The van der Waals surface area contributed by atoms with E-state index in [1.807, 2.05) is 32.3 Å². The number of ether oxygens (including phenoxy) is 1. The molecule has 0 unspecified atom stereocenters. The normalized spacial score (nSPS) is 20.2. The Bertz CT molecular complexity index is 683. The molecular weight excluding hydrogens is 366 g/mol. The third-order valence-corrected chi connectivity index (χ3v) is 5.92. The van der Waals surface area contributed by atoms with Gasteiger partial charge < -0.3 is 9.64 Å². The van der Waals surface area contributed by atoms with E-state index in [-0.39, 0.29) is 5.91 Å². The van der Waals surface area contributed by atoms with Crippen LogP contribution in [0.5, 0.6) is 0 Å². The van der Waals surface area contributed by atoms with Crippen molar-refractivity contribution in [2.24, 2.45) is 0 Å². The zero-order valence-electron chi connectivity index (χ0n) is 15.3. The predicted octanol–water partition coefficient (Wildman–Crippen LogP) is 2.68. The molecule has 0 atom stereocenters. The van der Waals surface area contributed by atoms with Crippen molar-refractivity contribution in [1.29, 1.82) is 0 Å². The number of nitrogens with zero attached hydrogens (tertiary/aromatic N) is 3. The van der Waals surface area contributed by atoms with E-state index in [0.29, 0.717) is 15.8 Å². The summed E-state index contributed by atoms with van der Waals surface area (Å²) in [5.74, 6) is 0.0265. The number of rotatable bonds is 6. The van der Waals surface area contributed by atoms with Gasteiger partial charge in [-0.05, 0) is 30.2 Å². The highest BCUT2D eigenvalue weighted by molar-refractivity contribution is 8.26. The summed E-state index contributed by atoms with van der Waals surface area (Å²) >= 11 is 6.82. The summed E-state index contributed by atoms with van der Waals surface area (Å²) in [6.45, 7) is 5.21. The van der Waals surface area contributed by atoms with E-state index in [4.69, 9.17) is 17.0 Å². The molecule has 0 N–H and O–H groups in total. The number of carbonyl (C=O) groups is 1. The first kappa shape index (κ1) is 19.4. The zero-order valence-corrected chi connectivity index (χ0v) is 16.9. The molecule has 0 radical (unpaired) electrons. The van der Waals surface area contributed by atoms with E-state index < -0.39 is 0 Å². The van der Waals surface area contributed by atoms with Crippen LogP contribution in [0, 0.1) is 0 Å². The fraction of sp³-hybridized carbons (Fsp3) is 0.474. The molecule has 2 heterocycles. The van der Waals surface area contributed by atoms with Crippen LogP contribution in [0.15, 0.2) is 29.2 Å². The first-order valence-corrected chi connectivity index (χ1v) is 10.1. The second-order valence-electron chi connectivity index (χ2n) is 6.63. The molecule has 0 bridgehead atoms. The fourth-order valence-electron chi connectivity index (χ4n) is 2.99. The molecule has 2 aliphatic rings. The lowest BCUT2D eigenvalue weighted by Gasteiger charge is -2.27. The number of hydrogen-bond acceptors (Lipinski definition) is 6. The van der Waals surface area contributed by atoms with Gasteiger partial charge in [-0.15, -0.1) is 0 Å². The molecular formula is C19H25N3O2S2. The summed E-state index contributed by atoms with van der Waals surface area (Å²) in [5.41, 5.74) is 2.15. The summed E-state index contributed by atoms with van der Waals surface area (Å²) in [6.07, 6.45) is 2.86. The van der Waals surface area contributed by atoms with Crippen LogP contribution in [0.3, 0.4) is 0 Å². The first-order chi connectivity index (χ1) is 12.5. The minimum absolute atomic E-state index is 0.0265. The third kappa shape index (κ3) is 4.85. The van der Waals surface area contributed by atoms with Crippen LogP contribution in [0.25, 0.3) is 6.08 Å². The van der Waals surface area contributed by atoms with Gasteiger partial charge in [0.2, 0.25) is 0 Å². The van der Waals surface area contributed by atoms with Gasteiger partial charge >= 0.3 is 0 Å². The summed E-state index contributed by atoms with van der Waals surface area (Å²) in [6, 6.07) is 8.16. The van der Waals surface area contributed by atoms with E-state index >= 15 is 0 Å². The van der Waals surface area contributed by atoms with Gasteiger partial charge in [-0.2, -0.15) is 0 Å². The van der Waals surface area contributed by atoms with Gasteiger partial charge in [0, 0.05) is 46.0 Å². The largest absolute Gasteiger partial charge is 0.379 e. The lowest BCUT2D eigenvalue weighted by molar-refractivity contribution is -0.122. The summed E-state index contributed by atoms with van der Waals surface area (Å²) < 4.78 is 6.02. The number of thioether (sulfide) groups is 1. The molecule has 2 saturated heterocycles. The fourth-order valence-corrected chi connectivity index (χ4v) is 4.30. The van der Waals surface area contributed by atoms with Gasteiger partial charge in [0.25, 0.3) is 5.91 Å². The Morgan fingerprint density at radius 3 is 2.54 bits per heavy atom. The lowest BCUT2D eigenvalue weighted by Crippen LogP contribution is -2.38. The second kappa shape index (κ2) is 8.99. The Labute approximate surface area is 165 Å². The van der Waals surface area contributed by atoms with Crippen LogP contribution in [0.4, 0.5) is 5.69 Å².